The van der Waals surface area contributed by atoms with Crippen molar-refractivity contribution in [1.82, 2.24) is 9.88 Å². The van der Waals surface area contributed by atoms with Crippen LogP contribution in [0.1, 0.15) is 42.1 Å². The molecule has 0 saturated heterocycles. The van der Waals surface area contributed by atoms with E-state index in [-0.39, 0.29) is 0 Å². The zero-order valence-corrected chi connectivity index (χ0v) is 20.9. The number of aromatic nitrogens is 1. The van der Waals surface area contributed by atoms with E-state index in [9.17, 15) is 5.11 Å². The first-order valence-corrected chi connectivity index (χ1v) is 12.4. The number of pyridine rings is 1. The van der Waals surface area contributed by atoms with Crippen LogP contribution in [0, 0.1) is 0 Å². The molecule has 2 aromatic carbocycles. The molecule has 182 valence electrons. The third-order valence-corrected chi connectivity index (χ3v) is 6.31. The maximum Gasteiger partial charge on any atom is 0.0918 e. The Morgan fingerprint density at radius 1 is 0.941 bits per heavy atom. The Kier molecular flexibility index (Phi) is 11.1. The second-order valence-electron chi connectivity index (χ2n) is 8.42. The minimum atomic E-state index is -0.713. The average Bonchev–Trinajstić information content (AvgIpc) is 2.85. The lowest BCUT2D eigenvalue weighted by Crippen LogP contribution is -2.29. The normalized spacial score (nSPS) is 12.2. The van der Waals surface area contributed by atoms with Crippen molar-refractivity contribution in [2.45, 2.75) is 38.3 Å². The number of nitrogens with zero attached hydrogens (tertiary/aromatic N) is 2. The van der Waals surface area contributed by atoms with Crippen molar-refractivity contribution in [3.8, 4) is 0 Å². The van der Waals surface area contributed by atoms with Gasteiger partial charge in [-0.15, -0.1) is 0 Å². The van der Waals surface area contributed by atoms with Crippen LogP contribution >= 0.6 is 23.2 Å². The molecule has 0 saturated carbocycles. The highest BCUT2D eigenvalue weighted by Gasteiger charge is 2.16. The average molecular weight is 502 g/mol. The Balaban J connectivity index is 1.45. The molecular formula is C27H33Cl2N3O2. The molecule has 1 aromatic heterocycles. The SMILES string of the molecule is Nc1c(Cl)cc(C(O)CN(CCCCCOCCc2cccnc2)Cc2ccccc2)cc1Cl. The van der Waals surface area contributed by atoms with Gasteiger partial charge >= 0.3 is 0 Å². The van der Waals surface area contributed by atoms with E-state index in [0.29, 0.717) is 34.4 Å². The molecular weight excluding hydrogens is 469 g/mol. The molecule has 0 aliphatic carbocycles. The standard InChI is InChI=1S/C27H33Cl2N3O2/c28-24-16-23(17-25(29)27(24)30)26(33)20-32(19-22-8-3-1-4-9-22)13-5-2-6-14-34-15-11-21-10-7-12-31-18-21/h1,3-4,7-10,12,16-18,26,33H,2,5-6,11,13-15,19-20,30H2. The second-order valence-corrected chi connectivity index (χ2v) is 9.23. The summed E-state index contributed by atoms with van der Waals surface area (Å²) in [5.74, 6) is 0. The largest absolute Gasteiger partial charge is 0.396 e. The van der Waals surface area contributed by atoms with Gasteiger partial charge in [-0.05, 0) is 67.1 Å². The Morgan fingerprint density at radius 3 is 2.38 bits per heavy atom. The predicted molar refractivity (Wildman–Crippen MR) is 140 cm³/mol. The summed E-state index contributed by atoms with van der Waals surface area (Å²) in [5.41, 5.74) is 9.25. The third-order valence-electron chi connectivity index (χ3n) is 5.69. The van der Waals surface area contributed by atoms with Crippen LogP contribution in [0.25, 0.3) is 0 Å². The molecule has 1 atom stereocenters. The fraction of sp³-hybridized carbons (Fsp3) is 0.370. The predicted octanol–water partition coefficient (Wildman–Crippen LogP) is 5.94. The van der Waals surface area contributed by atoms with Crippen molar-refractivity contribution in [3.63, 3.8) is 0 Å². The molecule has 0 radical (unpaired) electrons. The van der Waals surface area contributed by atoms with E-state index in [1.165, 1.54) is 11.1 Å². The first-order chi connectivity index (χ1) is 16.5. The molecule has 0 amide bonds. The molecule has 0 bridgehead atoms. The van der Waals surface area contributed by atoms with E-state index in [2.05, 4.69) is 28.1 Å². The maximum atomic E-state index is 10.9. The number of ether oxygens (including phenoxy) is 1. The molecule has 3 rings (SSSR count). The quantitative estimate of drug-likeness (QED) is 0.211. The van der Waals surface area contributed by atoms with Gasteiger partial charge < -0.3 is 15.6 Å². The van der Waals surface area contributed by atoms with Gasteiger partial charge in [0.1, 0.15) is 0 Å². The van der Waals surface area contributed by atoms with Gasteiger partial charge in [0.05, 0.1) is 28.4 Å². The van der Waals surface area contributed by atoms with Crippen LogP contribution in [0.4, 0.5) is 5.69 Å². The molecule has 0 aliphatic heterocycles. The van der Waals surface area contributed by atoms with Crippen molar-refractivity contribution >= 4 is 28.9 Å². The van der Waals surface area contributed by atoms with Crippen LogP contribution in [0.15, 0.2) is 67.0 Å². The molecule has 3 aromatic rings. The van der Waals surface area contributed by atoms with Crippen LogP contribution in [-0.2, 0) is 17.7 Å². The van der Waals surface area contributed by atoms with Gasteiger partial charge in [-0.25, -0.2) is 0 Å². The van der Waals surface area contributed by atoms with Gasteiger partial charge in [-0.2, -0.15) is 0 Å². The van der Waals surface area contributed by atoms with Gasteiger partial charge in [0.25, 0.3) is 0 Å². The van der Waals surface area contributed by atoms with Crippen LogP contribution in [0.2, 0.25) is 10.0 Å². The second kappa shape index (κ2) is 14.3. The minimum Gasteiger partial charge on any atom is -0.396 e. The lowest BCUT2D eigenvalue weighted by molar-refractivity contribution is 0.105. The minimum absolute atomic E-state index is 0.336. The zero-order valence-electron chi connectivity index (χ0n) is 19.4. The smallest absolute Gasteiger partial charge is 0.0918 e. The number of anilines is 1. The summed E-state index contributed by atoms with van der Waals surface area (Å²) >= 11 is 12.3. The fourth-order valence-electron chi connectivity index (χ4n) is 3.78. The summed E-state index contributed by atoms with van der Waals surface area (Å²) in [5, 5.41) is 11.6. The van der Waals surface area contributed by atoms with Crippen molar-refractivity contribution in [2.75, 3.05) is 32.0 Å². The van der Waals surface area contributed by atoms with Gasteiger partial charge in [0, 0.05) is 32.1 Å². The molecule has 0 spiro atoms. The Hall–Kier alpha value is -2.15. The Morgan fingerprint density at radius 2 is 1.68 bits per heavy atom. The molecule has 1 unspecified atom stereocenters. The summed E-state index contributed by atoms with van der Waals surface area (Å²) in [6.45, 7) is 3.58. The number of aliphatic hydroxyl groups excluding tert-OH is 1. The number of hydrogen-bond acceptors (Lipinski definition) is 5. The van der Waals surface area contributed by atoms with E-state index >= 15 is 0 Å². The fourth-order valence-corrected chi connectivity index (χ4v) is 4.28. The zero-order chi connectivity index (χ0) is 24.2. The first-order valence-electron chi connectivity index (χ1n) is 11.7. The summed E-state index contributed by atoms with van der Waals surface area (Å²) in [4.78, 5) is 6.39. The lowest BCUT2D eigenvalue weighted by atomic mass is 10.1. The number of hydrogen-bond donors (Lipinski definition) is 2. The molecule has 34 heavy (non-hydrogen) atoms. The molecule has 5 nitrogen and oxygen atoms in total. The molecule has 0 fully saturated rings. The van der Waals surface area contributed by atoms with E-state index in [1.807, 2.05) is 30.5 Å². The van der Waals surface area contributed by atoms with Crippen molar-refractivity contribution in [2.24, 2.45) is 0 Å². The van der Waals surface area contributed by atoms with E-state index < -0.39 is 6.10 Å². The number of nitrogen functional groups attached to an aromatic ring is 1. The molecule has 7 heteroatoms. The molecule has 3 N–H and O–H groups in total. The Bertz CT molecular complexity index is 967. The van der Waals surface area contributed by atoms with Crippen molar-refractivity contribution < 1.29 is 9.84 Å². The Labute approximate surface area is 212 Å². The van der Waals surface area contributed by atoms with Crippen LogP contribution in [-0.4, -0.2) is 41.3 Å². The molecule has 1 heterocycles. The van der Waals surface area contributed by atoms with Gasteiger partial charge in [-0.1, -0.05) is 59.6 Å². The van der Waals surface area contributed by atoms with E-state index in [1.54, 1.807) is 18.3 Å². The van der Waals surface area contributed by atoms with Crippen molar-refractivity contribution in [3.05, 3.63) is 93.7 Å². The number of halogens is 2. The number of benzene rings is 2. The molecule has 0 aliphatic rings. The first kappa shape index (κ1) is 26.5. The summed E-state index contributed by atoms with van der Waals surface area (Å²) in [6, 6.07) is 17.7. The number of aliphatic hydroxyl groups is 1. The van der Waals surface area contributed by atoms with Crippen LogP contribution < -0.4 is 5.73 Å². The van der Waals surface area contributed by atoms with Crippen LogP contribution in [0.3, 0.4) is 0 Å². The highest BCUT2D eigenvalue weighted by molar-refractivity contribution is 6.38. The monoisotopic (exact) mass is 501 g/mol. The van der Waals surface area contributed by atoms with Gasteiger partial charge in [0.2, 0.25) is 0 Å². The van der Waals surface area contributed by atoms with E-state index in [4.69, 9.17) is 33.7 Å². The third kappa shape index (κ3) is 8.90. The summed E-state index contributed by atoms with van der Waals surface area (Å²) < 4.78 is 5.78. The maximum absolute atomic E-state index is 10.9. The van der Waals surface area contributed by atoms with Crippen molar-refractivity contribution in [1.29, 1.82) is 0 Å². The van der Waals surface area contributed by atoms with Crippen LogP contribution in [0.5, 0.6) is 0 Å². The van der Waals surface area contributed by atoms with Gasteiger partial charge in [-0.3, -0.25) is 9.88 Å². The topological polar surface area (TPSA) is 71.6 Å². The van der Waals surface area contributed by atoms with E-state index in [0.717, 1.165) is 45.4 Å². The highest BCUT2D eigenvalue weighted by atomic mass is 35.5. The summed E-state index contributed by atoms with van der Waals surface area (Å²) in [6.07, 6.45) is 6.93. The number of rotatable bonds is 14. The summed E-state index contributed by atoms with van der Waals surface area (Å²) in [7, 11) is 0. The number of nitrogens with two attached hydrogens (primary N) is 1. The van der Waals surface area contributed by atoms with Gasteiger partial charge in [0.15, 0.2) is 0 Å². The lowest BCUT2D eigenvalue weighted by Gasteiger charge is -2.26. The number of unbranched alkanes of at least 4 members (excludes halogenated alkanes) is 2. The highest BCUT2D eigenvalue weighted by Crippen LogP contribution is 2.31.